The molecule has 0 radical (unpaired) electrons. The molecule has 2 N–H and O–H groups in total. The van der Waals surface area contributed by atoms with Crippen LogP contribution in [0.15, 0.2) is 54.9 Å². The molecule has 0 aliphatic carbocycles. The first kappa shape index (κ1) is 22.4. The first-order valence-corrected chi connectivity index (χ1v) is 10.7. The summed E-state index contributed by atoms with van der Waals surface area (Å²) in [6.07, 6.45) is 3.33. The molecular formula is C25H25FN4O3. The van der Waals surface area contributed by atoms with E-state index in [0.717, 1.165) is 10.9 Å². The molecule has 2 heterocycles. The van der Waals surface area contributed by atoms with Gasteiger partial charge >= 0.3 is 0 Å². The highest BCUT2D eigenvalue weighted by Crippen LogP contribution is 2.33. The van der Waals surface area contributed by atoms with Gasteiger partial charge in [-0.15, -0.1) is 0 Å². The molecule has 0 aliphatic heterocycles. The van der Waals surface area contributed by atoms with Crippen LogP contribution in [0.5, 0.6) is 5.75 Å². The minimum atomic E-state index is -0.339. The Bertz CT molecular complexity index is 1300. The van der Waals surface area contributed by atoms with Crippen molar-refractivity contribution in [3.8, 4) is 16.9 Å². The largest absolute Gasteiger partial charge is 0.493 e. The third kappa shape index (κ3) is 4.29. The lowest BCUT2D eigenvalue weighted by Crippen LogP contribution is -2.30. The van der Waals surface area contributed by atoms with Gasteiger partial charge in [-0.3, -0.25) is 14.9 Å². The second-order valence-electron chi connectivity index (χ2n) is 7.71. The average molecular weight is 448 g/mol. The zero-order valence-corrected chi connectivity index (χ0v) is 18.7. The Balaban J connectivity index is 1.66. The van der Waals surface area contributed by atoms with Crippen molar-refractivity contribution in [2.24, 2.45) is 0 Å². The topological polar surface area (TPSA) is 91.3 Å². The SMILES string of the molecule is CCOc1cc(C(=O)N(C)C(C)c2cnc(CO)c3c[nH]nc23)ccc1-c1cccc(F)c1. The summed E-state index contributed by atoms with van der Waals surface area (Å²) in [5.41, 5.74) is 3.79. The van der Waals surface area contributed by atoms with Gasteiger partial charge in [-0.2, -0.15) is 5.10 Å². The number of aliphatic hydroxyl groups is 1. The van der Waals surface area contributed by atoms with Crippen LogP contribution in [-0.4, -0.2) is 44.7 Å². The van der Waals surface area contributed by atoms with Crippen molar-refractivity contribution < 1.29 is 19.0 Å². The normalized spacial score (nSPS) is 12.0. The summed E-state index contributed by atoms with van der Waals surface area (Å²) in [6.45, 7) is 3.96. The van der Waals surface area contributed by atoms with Gasteiger partial charge in [0, 0.05) is 41.5 Å². The maximum Gasteiger partial charge on any atom is 0.254 e. The second-order valence-corrected chi connectivity index (χ2v) is 7.71. The maximum absolute atomic E-state index is 13.7. The van der Waals surface area contributed by atoms with E-state index in [9.17, 15) is 14.3 Å². The van der Waals surface area contributed by atoms with Gasteiger partial charge in [0.15, 0.2) is 0 Å². The number of hydrogen-bond acceptors (Lipinski definition) is 5. The van der Waals surface area contributed by atoms with Crippen molar-refractivity contribution in [2.45, 2.75) is 26.5 Å². The van der Waals surface area contributed by atoms with Crippen molar-refractivity contribution in [1.82, 2.24) is 20.1 Å². The van der Waals surface area contributed by atoms with Crippen molar-refractivity contribution >= 4 is 16.8 Å². The van der Waals surface area contributed by atoms with Crippen molar-refractivity contribution in [3.05, 3.63) is 77.5 Å². The number of halogens is 1. The Kier molecular flexibility index (Phi) is 6.37. The third-order valence-corrected chi connectivity index (χ3v) is 5.75. The van der Waals surface area contributed by atoms with E-state index >= 15 is 0 Å². The molecule has 0 spiro atoms. The van der Waals surface area contributed by atoms with Gasteiger partial charge in [-0.05, 0) is 49.7 Å². The number of aromatic nitrogens is 3. The molecule has 1 atom stereocenters. The van der Waals surface area contributed by atoms with Crippen LogP contribution in [0.1, 0.15) is 41.5 Å². The molecule has 4 aromatic rings. The molecule has 0 bridgehead atoms. The van der Waals surface area contributed by atoms with Gasteiger partial charge in [-0.1, -0.05) is 12.1 Å². The molecular weight excluding hydrogens is 423 g/mol. The fraction of sp³-hybridized carbons (Fsp3) is 0.240. The summed E-state index contributed by atoms with van der Waals surface area (Å²) < 4.78 is 19.5. The summed E-state index contributed by atoms with van der Waals surface area (Å²) >= 11 is 0. The number of ether oxygens (including phenoxy) is 1. The highest BCUT2D eigenvalue weighted by Gasteiger charge is 2.24. The molecule has 2 aromatic carbocycles. The summed E-state index contributed by atoms with van der Waals surface area (Å²) in [6, 6.07) is 11.1. The predicted molar refractivity (Wildman–Crippen MR) is 123 cm³/mol. The number of rotatable bonds is 7. The molecule has 170 valence electrons. The third-order valence-electron chi connectivity index (χ3n) is 5.75. The monoisotopic (exact) mass is 448 g/mol. The number of benzene rings is 2. The van der Waals surface area contributed by atoms with Crippen LogP contribution in [0.3, 0.4) is 0 Å². The zero-order chi connectivity index (χ0) is 23.5. The molecule has 4 rings (SSSR count). The number of hydrogen-bond donors (Lipinski definition) is 2. The fourth-order valence-corrected chi connectivity index (χ4v) is 3.85. The van der Waals surface area contributed by atoms with Crippen molar-refractivity contribution in [1.29, 1.82) is 0 Å². The van der Waals surface area contributed by atoms with Crippen LogP contribution in [-0.2, 0) is 6.61 Å². The maximum atomic E-state index is 13.7. The summed E-state index contributed by atoms with van der Waals surface area (Å²) in [7, 11) is 1.71. The lowest BCUT2D eigenvalue weighted by atomic mass is 10.0. The molecule has 1 unspecified atom stereocenters. The predicted octanol–water partition coefficient (Wildman–Crippen LogP) is 4.49. The smallest absolute Gasteiger partial charge is 0.254 e. The molecule has 33 heavy (non-hydrogen) atoms. The average Bonchev–Trinajstić information content (AvgIpc) is 3.32. The fourth-order valence-electron chi connectivity index (χ4n) is 3.85. The van der Waals surface area contributed by atoms with Crippen molar-refractivity contribution in [3.63, 3.8) is 0 Å². The number of amides is 1. The van der Waals surface area contributed by atoms with Crippen molar-refractivity contribution in [2.75, 3.05) is 13.7 Å². The Morgan fingerprint density at radius 2 is 2.09 bits per heavy atom. The zero-order valence-electron chi connectivity index (χ0n) is 18.7. The van der Waals surface area contributed by atoms with Gasteiger partial charge in [0.25, 0.3) is 5.91 Å². The van der Waals surface area contributed by atoms with Crippen LogP contribution in [0.25, 0.3) is 22.0 Å². The first-order valence-electron chi connectivity index (χ1n) is 10.7. The van der Waals surface area contributed by atoms with Gasteiger partial charge in [0.1, 0.15) is 17.1 Å². The number of nitrogens with zero attached hydrogens (tertiary/aromatic N) is 3. The quantitative estimate of drug-likeness (QED) is 0.435. The molecule has 0 saturated heterocycles. The van der Waals surface area contributed by atoms with E-state index in [1.165, 1.54) is 12.1 Å². The molecule has 0 saturated carbocycles. The number of carbonyl (C=O) groups excluding carboxylic acids is 1. The lowest BCUT2D eigenvalue weighted by Gasteiger charge is -2.26. The number of nitrogens with one attached hydrogen (secondary N) is 1. The van der Waals surface area contributed by atoms with E-state index in [0.29, 0.717) is 40.3 Å². The number of carbonyl (C=O) groups is 1. The van der Waals surface area contributed by atoms with Crippen LogP contribution in [0, 0.1) is 5.82 Å². The van der Waals surface area contributed by atoms with E-state index in [-0.39, 0.29) is 24.4 Å². The number of aromatic amines is 1. The minimum absolute atomic E-state index is 0.197. The summed E-state index contributed by atoms with van der Waals surface area (Å²) in [4.78, 5) is 19.3. The molecule has 8 heteroatoms. The number of pyridine rings is 1. The summed E-state index contributed by atoms with van der Waals surface area (Å²) in [5, 5.41) is 17.3. The van der Waals surface area contributed by atoms with Gasteiger partial charge in [-0.25, -0.2) is 4.39 Å². The standard InChI is InChI=1S/C25H25FN4O3/c1-4-33-23-11-17(8-9-19(23)16-6-5-7-18(26)10-16)25(32)30(3)15(2)20-12-27-22(14-31)21-13-28-29-24(20)21/h5-13,15,31H,4,14H2,1-3H3,(H,28,29). The Morgan fingerprint density at radius 3 is 2.82 bits per heavy atom. The Hall–Kier alpha value is -3.78. The highest BCUT2D eigenvalue weighted by atomic mass is 19.1. The van der Waals surface area contributed by atoms with Crippen LogP contribution in [0.4, 0.5) is 4.39 Å². The highest BCUT2D eigenvalue weighted by molar-refractivity contribution is 5.96. The molecule has 7 nitrogen and oxygen atoms in total. The van der Waals surface area contributed by atoms with Crippen LogP contribution >= 0.6 is 0 Å². The van der Waals surface area contributed by atoms with Gasteiger partial charge in [0.05, 0.1) is 24.9 Å². The van der Waals surface area contributed by atoms with E-state index in [2.05, 4.69) is 15.2 Å². The number of aliphatic hydroxyl groups excluding tert-OH is 1. The van der Waals surface area contributed by atoms with Gasteiger partial charge < -0.3 is 14.7 Å². The number of fused-ring (bicyclic) bond motifs is 1. The first-order chi connectivity index (χ1) is 15.9. The molecule has 2 aromatic heterocycles. The molecule has 0 aliphatic rings. The lowest BCUT2D eigenvalue weighted by molar-refractivity contribution is 0.0743. The second kappa shape index (κ2) is 9.38. The van der Waals surface area contributed by atoms with E-state index in [1.807, 2.05) is 13.8 Å². The minimum Gasteiger partial charge on any atom is -0.493 e. The number of H-pyrrole nitrogens is 1. The Labute approximate surface area is 190 Å². The van der Waals surface area contributed by atoms with E-state index in [4.69, 9.17) is 4.74 Å². The molecule has 1 amide bonds. The van der Waals surface area contributed by atoms with Crippen LogP contribution < -0.4 is 4.74 Å². The Morgan fingerprint density at radius 1 is 1.27 bits per heavy atom. The van der Waals surface area contributed by atoms with Gasteiger partial charge in [0.2, 0.25) is 0 Å². The van der Waals surface area contributed by atoms with E-state index < -0.39 is 0 Å². The summed E-state index contributed by atoms with van der Waals surface area (Å²) in [5.74, 6) is -0.0306. The van der Waals surface area contributed by atoms with Crippen LogP contribution in [0.2, 0.25) is 0 Å². The molecule has 0 fully saturated rings. The van der Waals surface area contributed by atoms with E-state index in [1.54, 1.807) is 54.7 Å².